The van der Waals surface area contributed by atoms with Crippen LogP contribution in [0.5, 0.6) is 0 Å². The van der Waals surface area contributed by atoms with Gasteiger partial charge in [-0.3, -0.25) is 4.68 Å². The van der Waals surface area contributed by atoms with Crippen molar-refractivity contribution in [3.05, 3.63) is 24.4 Å². The van der Waals surface area contributed by atoms with E-state index in [-0.39, 0.29) is 36.8 Å². The normalized spacial score (nSPS) is 17.7. The van der Waals surface area contributed by atoms with Crippen molar-refractivity contribution in [1.29, 1.82) is 0 Å². The molecule has 9 nitrogen and oxygen atoms in total. The second kappa shape index (κ2) is 8.14. The van der Waals surface area contributed by atoms with Gasteiger partial charge in [0.1, 0.15) is 0 Å². The Kier molecular flexibility index (Phi) is 6.37. The first-order valence-corrected chi connectivity index (χ1v) is 9.66. The van der Waals surface area contributed by atoms with Crippen molar-refractivity contribution in [2.75, 3.05) is 30.0 Å². The van der Waals surface area contributed by atoms with Gasteiger partial charge in [0.2, 0.25) is 16.0 Å². The Morgan fingerprint density at radius 3 is 2.81 bits per heavy atom. The lowest BCUT2D eigenvalue weighted by molar-refractivity contribution is 0.402. The minimum Gasteiger partial charge on any atom is -0.366 e. The van der Waals surface area contributed by atoms with E-state index in [0.29, 0.717) is 12.2 Å². The average Bonchev–Trinajstić information content (AvgIpc) is 3.16. The summed E-state index contributed by atoms with van der Waals surface area (Å²) in [7, 11) is -1.49. The number of halogens is 2. The lowest BCUT2D eigenvalue weighted by atomic mass is 10.2. The fourth-order valence-electron chi connectivity index (χ4n) is 2.83. The number of aryl methyl sites for hydroxylation is 1. The van der Waals surface area contributed by atoms with E-state index < -0.39 is 15.8 Å². The van der Waals surface area contributed by atoms with Crippen LogP contribution in [0.25, 0.3) is 0 Å². The SMILES string of the molecule is Cl.Cn1cc(Nc2ncc(F)c(NCC3CCCN3S(C)(=O)=O)n2)cn1. The van der Waals surface area contributed by atoms with E-state index in [9.17, 15) is 12.8 Å². The standard InChI is InChI=1S/C14H20FN7O2S.ClH/c1-21-9-10(6-18-21)19-14-17-8-12(15)13(20-14)16-7-11-4-3-5-22(11)25(2,23)24;/h6,8-9,11H,3-5,7H2,1-2H3,(H2,16,17,19,20);1H. The van der Waals surface area contributed by atoms with Gasteiger partial charge < -0.3 is 10.6 Å². The van der Waals surface area contributed by atoms with Crippen molar-refractivity contribution in [2.45, 2.75) is 18.9 Å². The molecule has 3 heterocycles. The summed E-state index contributed by atoms with van der Waals surface area (Å²) in [6, 6.07) is -0.209. The summed E-state index contributed by atoms with van der Waals surface area (Å²) in [5, 5.41) is 9.85. The molecule has 0 saturated carbocycles. The number of hydrogen-bond donors (Lipinski definition) is 2. The highest BCUT2D eigenvalue weighted by molar-refractivity contribution is 7.88. The minimum atomic E-state index is -3.27. The molecule has 1 unspecified atom stereocenters. The monoisotopic (exact) mass is 405 g/mol. The van der Waals surface area contributed by atoms with Gasteiger partial charge in [0.15, 0.2) is 11.6 Å². The van der Waals surface area contributed by atoms with Crippen LogP contribution < -0.4 is 10.6 Å². The van der Waals surface area contributed by atoms with Crippen LogP contribution in [-0.4, -0.2) is 57.9 Å². The fraction of sp³-hybridized carbons (Fsp3) is 0.500. The molecular weight excluding hydrogens is 385 g/mol. The second-order valence-electron chi connectivity index (χ2n) is 5.97. The maximum Gasteiger partial charge on any atom is 0.229 e. The molecule has 0 amide bonds. The summed E-state index contributed by atoms with van der Waals surface area (Å²) in [6.45, 7) is 0.776. The van der Waals surface area contributed by atoms with Gasteiger partial charge in [0, 0.05) is 32.4 Å². The lowest BCUT2D eigenvalue weighted by Gasteiger charge is -2.22. The minimum absolute atomic E-state index is 0. The second-order valence-corrected chi connectivity index (χ2v) is 7.90. The summed E-state index contributed by atoms with van der Waals surface area (Å²) in [5.41, 5.74) is 0.680. The Bertz CT molecular complexity index is 861. The van der Waals surface area contributed by atoms with Gasteiger partial charge in [0.05, 0.1) is 24.3 Å². The van der Waals surface area contributed by atoms with Gasteiger partial charge in [-0.15, -0.1) is 12.4 Å². The predicted molar refractivity (Wildman–Crippen MR) is 98.8 cm³/mol. The molecule has 0 spiro atoms. The maximum absolute atomic E-state index is 14.0. The number of nitrogens with one attached hydrogen (secondary N) is 2. The van der Waals surface area contributed by atoms with Gasteiger partial charge in [-0.1, -0.05) is 0 Å². The smallest absolute Gasteiger partial charge is 0.229 e. The third kappa shape index (κ3) is 4.80. The zero-order valence-corrected chi connectivity index (χ0v) is 16.0. The van der Waals surface area contributed by atoms with E-state index in [1.807, 2.05) is 0 Å². The molecule has 1 aliphatic rings. The van der Waals surface area contributed by atoms with Crippen LogP contribution in [0.3, 0.4) is 0 Å². The number of rotatable bonds is 6. The molecule has 0 aromatic carbocycles. The number of aromatic nitrogens is 4. The maximum atomic E-state index is 14.0. The molecular formula is C14H21ClFN7O2S. The Labute approximate surface area is 157 Å². The Balaban J connectivity index is 0.00000243. The largest absolute Gasteiger partial charge is 0.366 e. The van der Waals surface area contributed by atoms with Crippen LogP contribution in [0.4, 0.5) is 21.8 Å². The van der Waals surface area contributed by atoms with Gasteiger partial charge >= 0.3 is 0 Å². The van der Waals surface area contributed by atoms with Crippen molar-refractivity contribution in [3.8, 4) is 0 Å². The summed E-state index contributed by atoms with van der Waals surface area (Å²) < 4.78 is 40.5. The van der Waals surface area contributed by atoms with Gasteiger partial charge in [-0.25, -0.2) is 17.8 Å². The van der Waals surface area contributed by atoms with Crippen molar-refractivity contribution in [1.82, 2.24) is 24.1 Å². The van der Waals surface area contributed by atoms with Gasteiger partial charge in [-0.2, -0.15) is 14.4 Å². The third-order valence-corrected chi connectivity index (χ3v) is 5.29. The van der Waals surface area contributed by atoms with Crippen LogP contribution in [0.1, 0.15) is 12.8 Å². The molecule has 1 aliphatic heterocycles. The molecule has 1 fully saturated rings. The highest BCUT2D eigenvalue weighted by atomic mass is 35.5. The van der Waals surface area contributed by atoms with Crippen molar-refractivity contribution < 1.29 is 12.8 Å². The van der Waals surface area contributed by atoms with E-state index >= 15 is 0 Å². The summed E-state index contributed by atoms with van der Waals surface area (Å²) in [6.07, 6.45) is 7.11. The fourth-order valence-corrected chi connectivity index (χ4v) is 4.01. The average molecular weight is 406 g/mol. The molecule has 0 aliphatic carbocycles. The van der Waals surface area contributed by atoms with Crippen LogP contribution in [0.2, 0.25) is 0 Å². The molecule has 1 saturated heterocycles. The quantitative estimate of drug-likeness (QED) is 0.747. The van der Waals surface area contributed by atoms with E-state index in [2.05, 4.69) is 25.7 Å². The molecule has 2 aromatic rings. The first-order valence-electron chi connectivity index (χ1n) is 7.82. The van der Waals surface area contributed by atoms with Gasteiger partial charge in [-0.05, 0) is 12.8 Å². The number of hydrogen-bond acceptors (Lipinski definition) is 7. The number of anilines is 3. The number of sulfonamides is 1. The third-order valence-electron chi connectivity index (χ3n) is 3.96. The molecule has 12 heteroatoms. The lowest BCUT2D eigenvalue weighted by Crippen LogP contribution is -2.39. The molecule has 2 aromatic heterocycles. The van der Waals surface area contributed by atoms with Crippen LogP contribution in [0, 0.1) is 5.82 Å². The molecule has 3 rings (SSSR count). The van der Waals surface area contributed by atoms with E-state index in [1.54, 1.807) is 24.1 Å². The van der Waals surface area contributed by atoms with Crippen LogP contribution in [0.15, 0.2) is 18.6 Å². The predicted octanol–water partition coefficient (Wildman–Crippen LogP) is 1.35. The van der Waals surface area contributed by atoms with E-state index in [1.165, 1.54) is 10.6 Å². The van der Waals surface area contributed by atoms with E-state index in [4.69, 9.17) is 0 Å². The molecule has 2 N–H and O–H groups in total. The summed E-state index contributed by atoms with van der Waals surface area (Å²) in [5.74, 6) is -0.342. The Hall–Kier alpha value is -1.98. The Morgan fingerprint density at radius 2 is 2.15 bits per heavy atom. The first-order chi connectivity index (χ1) is 11.8. The van der Waals surface area contributed by atoms with Gasteiger partial charge in [0.25, 0.3) is 0 Å². The molecule has 144 valence electrons. The molecule has 1 atom stereocenters. The summed E-state index contributed by atoms with van der Waals surface area (Å²) >= 11 is 0. The van der Waals surface area contributed by atoms with Crippen LogP contribution >= 0.6 is 12.4 Å². The zero-order chi connectivity index (χ0) is 18.0. The summed E-state index contributed by atoms with van der Waals surface area (Å²) in [4.78, 5) is 8.01. The molecule has 26 heavy (non-hydrogen) atoms. The molecule has 0 bridgehead atoms. The molecule has 0 radical (unpaired) electrons. The van der Waals surface area contributed by atoms with Crippen molar-refractivity contribution >= 4 is 39.9 Å². The van der Waals surface area contributed by atoms with Crippen LogP contribution in [-0.2, 0) is 17.1 Å². The van der Waals surface area contributed by atoms with Crippen molar-refractivity contribution in [2.24, 2.45) is 7.05 Å². The van der Waals surface area contributed by atoms with Crippen molar-refractivity contribution in [3.63, 3.8) is 0 Å². The zero-order valence-electron chi connectivity index (χ0n) is 14.4. The Morgan fingerprint density at radius 1 is 1.38 bits per heavy atom. The highest BCUT2D eigenvalue weighted by Crippen LogP contribution is 2.22. The first kappa shape index (κ1) is 20.3. The topological polar surface area (TPSA) is 105 Å². The number of nitrogens with zero attached hydrogens (tertiary/aromatic N) is 5. The highest BCUT2D eigenvalue weighted by Gasteiger charge is 2.31. The van der Waals surface area contributed by atoms with E-state index in [0.717, 1.165) is 19.0 Å².